The highest BCUT2D eigenvalue weighted by Crippen LogP contribution is 2.48. The maximum Gasteiger partial charge on any atom is 0.277 e. The molecule has 0 bridgehead atoms. The molecule has 1 aliphatic carbocycles. The van der Waals surface area contributed by atoms with E-state index < -0.39 is 17.0 Å². The Kier molecular flexibility index (Phi) is 4.35. The van der Waals surface area contributed by atoms with E-state index in [1.54, 1.807) is 7.11 Å². The molecular weight excluding hydrogens is 407 g/mol. The van der Waals surface area contributed by atoms with Crippen LogP contribution in [0.3, 0.4) is 0 Å². The van der Waals surface area contributed by atoms with Crippen LogP contribution in [0, 0.1) is 17.1 Å². The third-order valence-corrected chi connectivity index (χ3v) is 5.60. The first-order chi connectivity index (χ1) is 15.0. The molecule has 1 saturated carbocycles. The lowest BCUT2D eigenvalue weighted by molar-refractivity contribution is 0.0492. The Morgan fingerprint density at radius 1 is 1.32 bits per heavy atom. The van der Waals surface area contributed by atoms with Gasteiger partial charge in [-0.3, -0.25) is 9.20 Å². The average Bonchev–Trinajstić information content (AvgIpc) is 3.20. The van der Waals surface area contributed by atoms with Crippen LogP contribution in [0.25, 0.3) is 28.1 Å². The number of nitriles is 1. The molecule has 11 heteroatoms. The number of rotatable bonds is 6. The van der Waals surface area contributed by atoms with Crippen LogP contribution in [0.4, 0.5) is 4.39 Å². The lowest BCUT2D eigenvalue weighted by atomic mass is 10.1. The SMILES string of the molecule is COCCn1c(=O)c2c(-c3noc(C4(OC)CC4)n3)ncn2c2ccc(F)c(C#N)c21. The number of hydrogen-bond acceptors (Lipinski definition) is 8. The second kappa shape index (κ2) is 6.97. The number of benzene rings is 1. The molecule has 5 rings (SSSR count). The topological polar surface area (TPSA) is 120 Å². The van der Waals surface area contributed by atoms with Gasteiger partial charge in [-0.05, 0) is 25.0 Å². The van der Waals surface area contributed by atoms with Crippen LogP contribution in [0.2, 0.25) is 0 Å². The zero-order valence-electron chi connectivity index (χ0n) is 16.8. The second-order valence-corrected chi connectivity index (χ2v) is 7.28. The highest BCUT2D eigenvalue weighted by molar-refractivity contribution is 5.87. The quantitative estimate of drug-likeness (QED) is 0.461. The first kappa shape index (κ1) is 19.3. The van der Waals surface area contributed by atoms with E-state index in [2.05, 4.69) is 15.1 Å². The molecule has 0 amide bonds. The molecule has 4 aromatic rings. The van der Waals surface area contributed by atoms with E-state index in [-0.39, 0.29) is 41.3 Å². The summed E-state index contributed by atoms with van der Waals surface area (Å²) in [7, 11) is 3.07. The van der Waals surface area contributed by atoms with E-state index >= 15 is 0 Å². The van der Waals surface area contributed by atoms with Crippen LogP contribution in [0.1, 0.15) is 24.3 Å². The van der Waals surface area contributed by atoms with Crippen LogP contribution in [-0.4, -0.2) is 44.9 Å². The summed E-state index contributed by atoms with van der Waals surface area (Å²) in [6, 6.07) is 4.54. The fourth-order valence-electron chi connectivity index (χ4n) is 3.78. The smallest absolute Gasteiger partial charge is 0.277 e. The molecule has 1 aliphatic rings. The summed E-state index contributed by atoms with van der Waals surface area (Å²) in [5, 5.41) is 13.5. The first-order valence-corrected chi connectivity index (χ1v) is 9.55. The van der Waals surface area contributed by atoms with E-state index in [1.807, 2.05) is 6.07 Å². The zero-order valence-corrected chi connectivity index (χ0v) is 16.8. The largest absolute Gasteiger partial charge is 0.383 e. The molecule has 0 unspecified atom stereocenters. The van der Waals surface area contributed by atoms with Gasteiger partial charge in [0.2, 0.25) is 5.82 Å². The van der Waals surface area contributed by atoms with Gasteiger partial charge in [-0.1, -0.05) is 5.16 Å². The molecule has 158 valence electrons. The highest BCUT2D eigenvalue weighted by atomic mass is 19.1. The third-order valence-electron chi connectivity index (χ3n) is 5.60. The van der Waals surface area contributed by atoms with Crippen molar-refractivity contribution in [1.82, 2.24) is 24.1 Å². The number of hydrogen-bond donors (Lipinski definition) is 0. The Morgan fingerprint density at radius 3 is 2.81 bits per heavy atom. The predicted molar refractivity (Wildman–Crippen MR) is 105 cm³/mol. The summed E-state index contributed by atoms with van der Waals surface area (Å²) in [5.41, 5.74) is -0.242. The number of ether oxygens (including phenoxy) is 2. The molecule has 31 heavy (non-hydrogen) atoms. The Balaban J connectivity index is 1.80. The van der Waals surface area contributed by atoms with Gasteiger partial charge < -0.3 is 18.6 Å². The van der Waals surface area contributed by atoms with Gasteiger partial charge in [0.25, 0.3) is 11.4 Å². The Hall–Kier alpha value is -3.62. The highest BCUT2D eigenvalue weighted by Gasteiger charge is 2.50. The van der Waals surface area contributed by atoms with Gasteiger partial charge >= 0.3 is 0 Å². The van der Waals surface area contributed by atoms with E-state index in [1.165, 1.54) is 34.5 Å². The van der Waals surface area contributed by atoms with Crippen LogP contribution in [-0.2, 0) is 21.6 Å². The summed E-state index contributed by atoms with van der Waals surface area (Å²) in [4.78, 5) is 22.2. The molecular formula is C20H17FN6O4. The van der Waals surface area contributed by atoms with Gasteiger partial charge in [-0.2, -0.15) is 10.2 Å². The van der Waals surface area contributed by atoms with Crippen LogP contribution in [0.5, 0.6) is 0 Å². The average molecular weight is 424 g/mol. The van der Waals surface area contributed by atoms with Crippen molar-refractivity contribution in [3.05, 3.63) is 46.1 Å². The van der Waals surface area contributed by atoms with Gasteiger partial charge in [-0.15, -0.1) is 0 Å². The lowest BCUT2D eigenvalue weighted by Gasteiger charge is -2.13. The minimum absolute atomic E-state index is 0.120. The van der Waals surface area contributed by atoms with Crippen molar-refractivity contribution in [3.8, 4) is 17.6 Å². The normalized spacial score (nSPS) is 14.9. The maximum absolute atomic E-state index is 14.3. The van der Waals surface area contributed by atoms with E-state index in [0.717, 1.165) is 12.8 Å². The molecule has 3 aromatic heterocycles. The maximum atomic E-state index is 14.3. The number of aromatic nitrogens is 5. The third kappa shape index (κ3) is 2.76. The minimum Gasteiger partial charge on any atom is -0.383 e. The minimum atomic E-state index is -0.711. The Bertz CT molecular complexity index is 1430. The van der Waals surface area contributed by atoms with Crippen LogP contribution >= 0.6 is 0 Å². The molecule has 0 spiro atoms. The summed E-state index contributed by atoms with van der Waals surface area (Å²) in [5.74, 6) is -0.226. The van der Waals surface area contributed by atoms with Crippen molar-refractivity contribution < 1.29 is 18.4 Å². The van der Waals surface area contributed by atoms with Crippen molar-refractivity contribution in [3.63, 3.8) is 0 Å². The second-order valence-electron chi connectivity index (χ2n) is 7.28. The molecule has 3 heterocycles. The molecule has 1 fully saturated rings. The van der Waals surface area contributed by atoms with E-state index in [0.29, 0.717) is 11.4 Å². The number of methoxy groups -OCH3 is 2. The fraction of sp³-hybridized carbons (Fsp3) is 0.350. The summed E-state index contributed by atoms with van der Waals surface area (Å²) >= 11 is 0. The summed E-state index contributed by atoms with van der Waals surface area (Å²) in [6.45, 7) is 0.314. The first-order valence-electron chi connectivity index (χ1n) is 9.55. The predicted octanol–water partition coefficient (Wildman–Crippen LogP) is 1.99. The van der Waals surface area contributed by atoms with Gasteiger partial charge in [0.1, 0.15) is 40.6 Å². The fourth-order valence-corrected chi connectivity index (χ4v) is 3.78. The van der Waals surface area contributed by atoms with Gasteiger partial charge in [0, 0.05) is 20.8 Å². The summed E-state index contributed by atoms with van der Waals surface area (Å²) < 4.78 is 33.1. The molecule has 0 radical (unpaired) electrons. The summed E-state index contributed by atoms with van der Waals surface area (Å²) in [6.07, 6.45) is 2.96. The van der Waals surface area contributed by atoms with Crippen molar-refractivity contribution in [1.29, 1.82) is 5.26 Å². The molecule has 0 N–H and O–H groups in total. The zero-order chi connectivity index (χ0) is 21.8. The van der Waals surface area contributed by atoms with E-state index in [4.69, 9.17) is 14.0 Å². The molecule has 0 saturated heterocycles. The molecule has 10 nitrogen and oxygen atoms in total. The van der Waals surface area contributed by atoms with Crippen molar-refractivity contribution >= 4 is 16.6 Å². The van der Waals surface area contributed by atoms with Gasteiger partial charge in [0.15, 0.2) is 0 Å². The molecule has 0 atom stereocenters. The van der Waals surface area contributed by atoms with Crippen molar-refractivity contribution in [2.24, 2.45) is 0 Å². The monoisotopic (exact) mass is 424 g/mol. The van der Waals surface area contributed by atoms with Crippen LogP contribution in [0.15, 0.2) is 27.8 Å². The lowest BCUT2D eigenvalue weighted by Crippen LogP contribution is -2.26. The van der Waals surface area contributed by atoms with Crippen molar-refractivity contribution in [2.75, 3.05) is 20.8 Å². The van der Waals surface area contributed by atoms with Crippen LogP contribution < -0.4 is 5.56 Å². The number of nitrogens with zero attached hydrogens (tertiary/aromatic N) is 6. The number of imidazole rings is 1. The molecule has 0 aliphatic heterocycles. The van der Waals surface area contributed by atoms with Gasteiger partial charge in [-0.25, -0.2) is 9.37 Å². The Labute approximate surface area is 174 Å². The standard InChI is InChI=1S/C20H17FN6O4/c1-29-8-7-26-15-11(9-22)12(21)3-4-13(15)27-10-23-14(16(27)18(26)28)17-24-19(31-25-17)20(30-2)5-6-20/h3-4,10H,5-8H2,1-2H3. The van der Waals surface area contributed by atoms with Crippen molar-refractivity contribution in [2.45, 2.75) is 25.0 Å². The molecule has 1 aromatic carbocycles. The number of fused-ring (bicyclic) bond motifs is 3. The number of halogens is 1. The Morgan fingerprint density at radius 2 is 2.13 bits per heavy atom. The van der Waals surface area contributed by atoms with E-state index in [9.17, 15) is 14.4 Å². The van der Waals surface area contributed by atoms with Gasteiger partial charge in [0.05, 0.1) is 17.6 Å².